The second-order valence-electron chi connectivity index (χ2n) is 7.35. The molecule has 2 N–H and O–H groups in total. The second-order valence-corrected chi connectivity index (χ2v) is 8.38. The summed E-state index contributed by atoms with van der Waals surface area (Å²) < 4.78 is 18.8. The molecule has 1 fully saturated rings. The van der Waals surface area contributed by atoms with Gasteiger partial charge in [-0.2, -0.15) is 0 Å². The van der Waals surface area contributed by atoms with E-state index in [-0.39, 0.29) is 17.6 Å². The quantitative estimate of drug-likeness (QED) is 0.610. The lowest BCUT2D eigenvalue weighted by Crippen LogP contribution is -2.38. The third-order valence-electron chi connectivity index (χ3n) is 5.04. The highest BCUT2D eigenvalue weighted by Crippen LogP contribution is 2.30. The van der Waals surface area contributed by atoms with Crippen LogP contribution in [0.2, 0.25) is 0 Å². The number of aliphatic hydroxyl groups is 1. The topological polar surface area (TPSA) is 87.6 Å². The minimum atomic E-state index is -0.482. The number of carbonyl (C=O) groups is 1. The molecule has 1 unspecified atom stereocenters. The summed E-state index contributed by atoms with van der Waals surface area (Å²) >= 11 is 1.46. The molecule has 7 nitrogen and oxygen atoms in total. The van der Waals surface area contributed by atoms with Gasteiger partial charge in [0.15, 0.2) is 5.13 Å². The maximum atomic E-state index is 13.1. The molecule has 0 spiro atoms. The van der Waals surface area contributed by atoms with Gasteiger partial charge in [0, 0.05) is 31.4 Å². The van der Waals surface area contributed by atoms with E-state index in [1.54, 1.807) is 29.4 Å². The fourth-order valence-electron chi connectivity index (χ4n) is 3.52. The zero-order chi connectivity index (χ0) is 21.6. The number of anilines is 2. The lowest BCUT2D eigenvalue weighted by atomic mass is 10.00. The number of nitrogens with zero attached hydrogens (tertiary/aromatic N) is 3. The largest absolute Gasteiger partial charge is 0.387 e. The van der Waals surface area contributed by atoms with Gasteiger partial charge in [0.05, 0.1) is 18.1 Å². The Morgan fingerprint density at radius 2 is 2.13 bits per heavy atom. The average Bonchev–Trinajstić information content (AvgIpc) is 3.11. The SMILES string of the molecule is O=C(CO)N1CCOCC(Cc2ccnc(Nc3ncc(-c4ccc(F)cc4)s3)c2)C1. The van der Waals surface area contributed by atoms with Crippen molar-refractivity contribution >= 4 is 28.2 Å². The summed E-state index contributed by atoms with van der Waals surface area (Å²) in [6, 6.07) is 10.2. The number of rotatable bonds is 6. The minimum absolute atomic E-state index is 0.137. The van der Waals surface area contributed by atoms with Crippen LogP contribution in [0.4, 0.5) is 15.3 Å². The molecule has 3 heterocycles. The maximum absolute atomic E-state index is 13.1. The summed E-state index contributed by atoms with van der Waals surface area (Å²) in [4.78, 5) is 23.2. The smallest absolute Gasteiger partial charge is 0.248 e. The number of benzene rings is 1. The monoisotopic (exact) mass is 442 g/mol. The third kappa shape index (κ3) is 5.63. The highest BCUT2D eigenvalue weighted by atomic mass is 32.1. The third-order valence-corrected chi connectivity index (χ3v) is 6.01. The minimum Gasteiger partial charge on any atom is -0.387 e. The van der Waals surface area contributed by atoms with Crippen LogP contribution in [-0.2, 0) is 16.0 Å². The van der Waals surface area contributed by atoms with Crippen LogP contribution in [0.5, 0.6) is 0 Å². The Labute approximate surface area is 183 Å². The second kappa shape index (κ2) is 9.95. The van der Waals surface area contributed by atoms with Crippen molar-refractivity contribution in [1.82, 2.24) is 14.9 Å². The first-order valence-corrected chi connectivity index (χ1v) is 10.8. The van der Waals surface area contributed by atoms with Gasteiger partial charge in [-0.05, 0) is 41.8 Å². The van der Waals surface area contributed by atoms with Crippen LogP contribution >= 0.6 is 11.3 Å². The molecule has 1 aromatic carbocycles. The van der Waals surface area contributed by atoms with E-state index in [4.69, 9.17) is 9.84 Å². The molecule has 0 radical (unpaired) electrons. The van der Waals surface area contributed by atoms with E-state index in [9.17, 15) is 9.18 Å². The first-order chi connectivity index (χ1) is 15.1. The van der Waals surface area contributed by atoms with E-state index in [0.717, 1.165) is 22.4 Å². The van der Waals surface area contributed by atoms with Crippen LogP contribution in [0.1, 0.15) is 5.56 Å². The molecule has 1 atom stereocenters. The average molecular weight is 443 g/mol. The number of aliphatic hydroxyl groups excluding tert-OH is 1. The van der Waals surface area contributed by atoms with Crippen LogP contribution in [0, 0.1) is 11.7 Å². The van der Waals surface area contributed by atoms with Crippen molar-refractivity contribution in [3.63, 3.8) is 0 Å². The molecule has 1 aliphatic rings. The highest BCUT2D eigenvalue weighted by Gasteiger charge is 2.22. The molecule has 1 amide bonds. The van der Waals surface area contributed by atoms with Crippen molar-refractivity contribution in [2.75, 3.05) is 38.2 Å². The summed E-state index contributed by atoms with van der Waals surface area (Å²) in [5, 5.41) is 13.1. The Kier molecular flexibility index (Phi) is 6.86. The van der Waals surface area contributed by atoms with Crippen LogP contribution in [0.3, 0.4) is 0 Å². The van der Waals surface area contributed by atoms with Gasteiger partial charge >= 0.3 is 0 Å². The van der Waals surface area contributed by atoms with Gasteiger partial charge in [0.25, 0.3) is 0 Å². The number of halogens is 1. The van der Waals surface area contributed by atoms with E-state index in [2.05, 4.69) is 15.3 Å². The fourth-order valence-corrected chi connectivity index (χ4v) is 4.35. The molecule has 3 aromatic rings. The Morgan fingerprint density at radius 3 is 2.94 bits per heavy atom. The Hall–Kier alpha value is -2.88. The first kappa shape index (κ1) is 21.4. The number of thiazole rings is 1. The Bertz CT molecular complexity index is 1030. The number of pyridine rings is 1. The summed E-state index contributed by atoms with van der Waals surface area (Å²) in [6.45, 7) is 1.61. The molecule has 0 aliphatic carbocycles. The number of aromatic nitrogens is 2. The molecule has 9 heteroatoms. The number of nitrogens with one attached hydrogen (secondary N) is 1. The zero-order valence-electron chi connectivity index (χ0n) is 16.8. The molecule has 4 rings (SSSR count). The molecule has 0 bridgehead atoms. The molecular weight excluding hydrogens is 419 g/mol. The molecule has 2 aromatic heterocycles. The van der Waals surface area contributed by atoms with Gasteiger partial charge < -0.3 is 20.1 Å². The number of ether oxygens (including phenoxy) is 1. The van der Waals surface area contributed by atoms with Crippen LogP contribution in [0.25, 0.3) is 10.4 Å². The van der Waals surface area contributed by atoms with E-state index >= 15 is 0 Å². The molecule has 162 valence electrons. The van der Waals surface area contributed by atoms with Crippen molar-refractivity contribution < 1.29 is 19.0 Å². The summed E-state index contributed by atoms with van der Waals surface area (Å²) in [7, 11) is 0. The fraction of sp³-hybridized carbons (Fsp3) is 0.318. The van der Waals surface area contributed by atoms with Crippen LogP contribution in [-0.4, -0.2) is 58.8 Å². The maximum Gasteiger partial charge on any atom is 0.248 e. The molecular formula is C22H23FN4O3S. The standard InChI is InChI=1S/C22H23FN4O3S/c23-18-3-1-17(2-4-18)19-11-25-22(31-19)26-20-10-15(5-6-24-20)9-16-12-27(21(29)13-28)7-8-30-14-16/h1-6,10-11,16,28H,7-9,12-14H2,(H,24,25,26). The van der Waals surface area contributed by atoms with Crippen molar-refractivity contribution in [1.29, 1.82) is 0 Å². The predicted octanol–water partition coefficient (Wildman–Crippen LogP) is 3.10. The normalized spacial score (nSPS) is 16.7. The number of amides is 1. The Balaban J connectivity index is 1.41. The van der Waals surface area contributed by atoms with E-state index < -0.39 is 6.61 Å². The van der Waals surface area contributed by atoms with Crippen molar-refractivity contribution in [3.05, 3.63) is 60.2 Å². The first-order valence-electron chi connectivity index (χ1n) is 10.0. The van der Waals surface area contributed by atoms with Crippen LogP contribution < -0.4 is 5.32 Å². The Morgan fingerprint density at radius 1 is 1.29 bits per heavy atom. The lowest BCUT2D eigenvalue weighted by molar-refractivity contribution is -0.134. The lowest BCUT2D eigenvalue weighted by Gasteiger charge is -2.23. The molecule has 0 saturated carbocycles. The van der Waals surface area contributed by atoms with Crippen molar-refractivity contribution in [2.45, 2.75) is 6.42 Å². The van der Waals surface area contributed by atoms with Crippen molar-refractivity contribution in [3.8, 4) is 10.4 Å². The molecule has 31 heavy (non-hydrogen) atoms. The number of hydrogen-bond donors (Lipinski definition) is 2. The molecule has 1 saturated heterocycles. The van der Waals surface area contributed by atoms with E-state index in [1.165, 1.54) is 23.5 Å². The van der Waals surface area contributed by atoms with Gasteiger partial charge in [0.1, 0.15) is 18.2 Å². The van der Waals surface area contributed by atoms with Gasteiger partial charge in [-0.1, -0.05) is 23.5 Å². The van der Waals surface area contributed by atoms with Gasteiger partial charge in [0.2, 0.25) is 5.91 Å². The van der Waals surface area contributed by atoms with Gasteiger partial charge in [-0.15, -0.1) is 0 Å². The van der Waals surface area contributed by atoms with Crippen molar-refractivity contribution in [2.24, 2.45) is 5.92 Å². The van der Waals surface area contributed by atoms with E-state index in [1.807, 2.05) is 12.1 Å². The van der Waals surface area contributed by atoms with Gasteiger partial charge in [-0.25, -0.2) is 14.4 Å². The summed E-state index contributed by atoms with van der Waals surface area (Å²) in [5.74, 6) is 0.275. The summed E-state index contributed by atoms with van der Waals surface area (Å²) in [6.07, 6.45) is 4.21. The number of hydrogen-bond acceptors (Lipinski definition) is 7. The molecule has 1 aliphatic heterocycles. The highest BCUT2D eigenvalue weighted by molar-refractivity contribution is 7.18. The zero-order valence-corrected chi connectivity index (χ0v) is 17.6. The summed E-state index contributed by atoms with van der Waals surface area (Å²) in [5.41, 5.74) is 1.98. The van der Waals surface area contributed by atoms with E-state index in [0.29, 0.717) is 37.3 Å². The predicted molar refractivity (Wildman–Crippen MR) is 117 cm³/mol. The number of carbonyl (C=O) groups excluding carboxylic acids is 1. The van der Waals surface area contributed by atoms with Gasteiger partial charge in [-0.3, -0.25) is 4.79 Å². The van der Waals surface area contributed by atoms with Crippen LogP contribution in [0.15, 0.2) is 48.8 Å².